The van der Waals surface area contributed by atoms with E-state index in [1.165, 1.54) is 5.56 Å². The second kappa shape index (κ2) is 3.27. The Labute approximate surface area is 91.1 Å². The van der Waals surface area contributed by atoms with Crippen LogP contribution in [-0.4, -0.2) is 5.60 Å². The average Bonchev–Trinajstić information content (AvgIpc) is 2.15. The van der Waals surface area contributed by atoms with E-state index in [1.807, 2.05) is 13.0 Å². The number of fused-ring (bicyclic) bond motifs is 1. The summed E-state index contributed by atoms with van der Waals surface area (Å²) in [5.41, 5.74) is 3.19. The molecule has 0 atom stereocenters. The zero-order chi connectivity index (χ0) is 11.1. The Morgan fingerprint density at radius 2 is 2.07 bits per heavy atom. The molecule has 0 spiro atoms. The van der Waals surface area contributed by atoms with Crippen molar-refractivity contribution in [2.24, 2.45) is 0 Å². The van der Waals surface area contributed by atoms with Crippen LogP contribution in [0.5, 0.6) is 5.75 Å². The van der Waals surface area contributed by atoms with E-state index in [9.17, 15) is 0 Å². The SMILES string of the molecule is C=C(C)c1ccc2c(c1)C=CC(C)(C)O2. The van der Waals surface area contributed by atoms with Gasteiger partial charge in [0.15, 0.2) is 0 Å². The molecule has 0 bridgehead atoms. The van der Waals surface area contributed by atoms with Crippen LogP contribution >= 0.6 is 0 Å². The molecule has 0 saturated carbocycles. The van der Waals surface area contributed by atoms with E-state index in [-0.39, 0.29) is 5.60 Å². The summed E-state index contributed by atoms with van der Waals surface area (Å²) in [6, 6.07) is 6.18. The normalized spacial score (nSPS) is 16.7. The first-order valence-corrected chi connectivity index (χ1v) is 5.16. The predicted molar refractivity (Wildman–Crippen MR) is 64.9 cm³/mol. The topological polar surface area (TPSA) is 9.23 Å². The van der Waals surface area contributed by atoms with E-state index in [0.717, 1.165) is 16.9 Å². The van der Waals surface area contributed by atoms with Gasteiger partial charge < -0.3 is 4.74 Å². The van der Waals surface area contributed by atoms with Gasteiger partial charge in [-0.25, -0.2) is 0 Å². The first-order valence-electron chi connectivity index (χ1n) is 5.16. The van der Waals surface area contributed by atoms with Crippen molar-refractivity contribution in [3.8, 4) is 5.75 Å². The molecule has 1 aliphatic rings. The highest BCUT2D eigenvalue weighted by atomic mass is 16.5. The number of rotatable bonds is 1. The fourth-order valence-electron chi connectivity index (χ4n) is 1.64. The van der Waals surface area contributed by atoms with Gasteiger partial charge in [-0.05, 0) is 44.5 Å². The minimum absolute atomic E-state index is 0.197. The minimum Gasteiger partial charge on any atom is -0.483 e. The third kappa shape index (κ3) is 1.96. The van der Waals surface area contributed by atoms with Crippen molar-refractivity contribution in [3.63, 3.8) is 0 Å². The molecular weight excluding hydrogens is 184 g/mol. The van der Waals surface area contributed by atoms with Crippen molar-refractivity contribution in [1.29, 1.82) is 0 Å². The van der Waals surface area contributed by atoms with Gasteiger partial charge in [-0.3, -0.25) is 0 Å². The molecule has 0 amide bonds. The molecule has 1 heteroatoms. The molecule has 1 nitrogen and oxygen atoms in total. The van der Waals surface area contributed by atoms with E-state index in [1.54, 1.807) is 0 Å². The summed E-state index contributed by atoms with van der Waals surface area (Å²) < 4.78 is 5.84. The first-order chi connectivity index (χ1) is 6.98. The first kappa shape index (κ1) is 10.0. The number of benzene rings is 1. The van der Waals surface area contributed by atoms with E-state index in [2.05, 4.69) is 44.7 Å². The zero-order valence-electron chi connectivity index (χ0n) is 9.50. The van der Waals surface area contributed by atoms with Crippen LogP contribution in [0.3, 0.4) is 0 Å². The summed E-state index contributed by atoms with van der Waals surface area (Å²) in [6.45, 7) is 10.1. The van der Waals surface area contributed by atoms with Crippen LogP contribution in [-0.2, 0) is 0 Å². The van der Waals surface area contributed by atoms with Crippen molar-refractivity contribution in [3.05, 3.63) is 42.0 Å². The van der Waals surface area contributed by atoms with Gasteiger partial charge in [-0.1, -0.05) is 24.3 Å². The summed E-state index contributed by atoms with van der Waals surface area (Å²) >= 11 is 0. The highest BCUT2D eigenvalue weighted by Crippen LogP contribution is 2.32. The van der Waals surface area contributed by atoms with Gasteiger partial charge in [0.2, 0.25) is 0 Å². The Morgan fingerprint density at radius 1 is 1.33 bits per heavy atom. The summed E-state index contributed by atoms with van der Waals surface area (Å²) in [6.07, 6.45) is 4.20. The smallest absolute Gasteiger partial charge is 0.127 e. The number of hydrogen-bond acceptors (Lipinski definition) is 1. The largest absolute Gasteiger partial charge is 0.483 e. The maximum atomic E-state index is 5.84. The standard InChI is InChI=1S/C14H16O/c1-10(2)11-5-6-13-12(9-11)7-8-14(3,4)15-13/h5-9H,1H2,2-4H3. The fraction of sp³-hybridized carbons (Fsp3) is 0.286. The highest BCUT2D eigenvalue weighted by Gasteiger charge is 2.21. The third-order valence-electron chi connectivity index (χ3n) is 2.54. The van der Waals surface area contributed by atoms with Gasteiger partial charge in [-0.15, -0.1) is 0 Å². The maximum absolute atomic E-state index is 5.84. The molecule has 1 aliphatic heterocycles. The van der Waals surface area contributed by atoms with Crippen molar-refractivity contribution in [2.45, 2.75) is 26.4 Å². The Bertz CT molecular complexity index is 439. The molecule has 0 radical (unpaired) electrons. The Morgan fingerprint density at radius 3 is 2.73 bits per heavy atom. The van der Waals surface area contributed by atoms with Crippen LogP contribution in [0, 0.1) is 0 Å². The molecule has 78 valence electrons. The molecule has 0 aliphatic carbocycles. The van der Waals surface area contributed by atoms with E-state index in [4.69, 9.17) is 4.74 Å². The molecule has 1 aromatic rings. The zero-order valence-corrected chi connectivity index (χ0v) is 9.50. The Kier molecular flexibility index (Phi) is 2.18. The molecule has 1 heterocycles. The van der Waals surface area contributed by atoms with Crippen molar-refractivity contribution < 1.29 is 4.74 Å². The molecule has 0 N–H and O–H groups in total. The maximum Gasteiger partial charge on any atom is 0.127 e. The van der Waals surface area contributed by atoms with Gasteiger partial charge in [-0.2, -0.15) is 0 Å². The van der Waals surface area contributed by atoms with Crippen LogP contribution in [0.2, 0.25) is 0 Å². The van der Waals surface area contributed by atoms with Gasteiger partial charge in [0.05, 0.1) is 0 Å². The van der Waals surface area contributed by atoms with E-state index < -0.39 is 0 Å². The fourth-order valence-corrected chi connectivity index (χ4v) is 1.64. The molecule has 0 unspecified atom stereocenters. The summed E-state index contributed by atoms with van der Waals surface area (Å²) in [5.74, 6) is 0.951. The minimum atomic E-state index is -0.197. The van der Waals surface area contributed by atoms with Crippen molar-refractivity contribution in [1.82, 2.24) is 0 Å². The van der Waals surface area contributed by atoms with Gasteiger partial charge >= 0.3 is 0 Å². The molecule has 0 fully saturated rings. The molecule has 1 aromatic carbocycles. The third-order valence-corrected chi connectivity index (χ3v) is 2.54. The Balaban J connectivity index is 2.45. The lowest BCUT2D eigenvalue weighted by atomic mass is 9.99. The molecular formula is C14H16O. The second-order valence-corrected chi connectivity index (χ2v) is 4.57. The average molecular weight is 200 g/mol. The van der Waals surface area contributed by atoms with Crippen LogP contribution in [0.25, 0.3) is 11.6 Å². The molecule has 0 saturated heterocycles. The van der Waals surface area contributed by atoms with Gasteiger partial charge in [0, 0.05) is 5.56 Å². The lowest BCUT2D eigenvalue weighted by molar-refractivity contribution is 0.159. The van der Waals surface area contributed by atoms with Crippen LogP contribution in [0.4, 0.5) is 0 Å². The number of ether oxygens (including phenoxy) is 1. The van der Waals surface area contributed by atoms with Crippen molar-refractivity contribution >= 4 is 11.6 Å². The number of hydrogen-bond donors (Lipinski definition) is 0. The van der Waals surface area contributed by atoms with Crippen LogP contribution in [0.1, 0.15) is 31.9 Å². The molecule has 15 heavy (non-hydrogen) atoms. The summed E-state index contributed by atoms with van der Waals surface area (Å²) in [7, 11) is 0. The van der Waals surface area contributed by atoms with Crippen molar-refractivity contribution in [2.75, 3.05) is 0 Å². The summed E-state index contributed by atoms with van der Waals surface area (Å²) in [4.78, 5) is 0. The lowest BCUT2D eigenvalue weighted by Gasteiger charge is -2.28. The van der Waals surface area contributed by atoms with Gasteiger partial charge in [0.1, 0.15) is 11.4 Å². The Hall–Kier alpha value is -1.50. The van der Waals surface area contributed by atoms with Crippen LogP contribution in [0.15, 0.2) is 30.9 Å². The predicted octanol–water partition coefficient (Wildman–Crippen LogP) is 3.90. The second-order valence-electron chi connectivity index (χ2n) is 4.57. The summed E-state index contributed by atoms with van der Waals surface area (Å²) in [5, 5.41) is 0. The van der Waals surface area contributed by atoms with Gasteiger partial charge in [0.25, 0.3) is 0 Å². The van der Waals surface area contributed by atoms with E-state index >= 15 is 0 Å². The quantitative estimate of drug-likeness (QED) is 0.668. The monoisotopic (exact) mass is 200 g/mol. The molecule has 2 rings (SSSR count). The lowest BCUT2D eigenvalue weighted by Crippen LogP contribution is -2.27. The highest BCUT2D eigenvalue weighted by molar-refractivity contribution is 5.69. The van der Waals surface area contributed by atoms with E-state index in [0.29, 0.717) is 0 Å². The number of allylic oxidation sites excluding steroid dienone is 1. The molecule has 0 aromatic heterocycles. The van der Waals surface area contributed by atoms with Crippen LogP contribution < -0.4 is 4.74 Å².